The van der Waals surface area contributed by atoms with Crippen LogP contribution in [-0.2, 0) is 19.1 Å². The first-order valence-electron chi connectivity index (χ1n) is 12.6. The Balaban J connectivity index is 1.49. The van der Waals surface area contributed by atoms with Crippen molar-refractivity contribution in [1.29, 1.82) is 0 Å². The van der Waals surface area contributed by atoms with E-state index in [2.05, 4.69) is 5.32 Å². The van der Waals surface area contributed by atoms with Crippen molar-refractivity contribution in [3.8, 4) is 11.1 Å². The third kappa shape index (κ3) is 6.08. The highest BCUT2D eigenvalue weighted by Crippen LogP contribution is 2.37. The van der Waals surface area contributed by atoms with Crippen LogP contribution in [0.2, 0.25) is 5.02 Å². The number of hydrogen-bond acceptors (Lipinski definition) is 8. The molecule has 0 aliphatic carbocycles. The Kier molecular flexibility index (Phi) is 9.01. The molecule has 1 atom stereocenters. The number of thiophene rings is 1. The molecule has 9 nitrogen and oxygen atoms in total. The van der Waals surface area contributed by atoms with Gasteiger partial charge in [0, 0.05) is 16.0 Å². The largest absolute Gasteiger partial charge is 0.462 e. The lowest BCUT2D eigenvalue weighted by atomic mass is 10.0. The molecule has 1 aliphatic heterocycles. The van der Waals surface area contributed by atoms with E-state index < -0.39 is 42.3 Å². The zero-order chi connectivity index (χ0) is 29.0. The molecule has 1 aliphatic rings. The van der Waals surface area contributed by atoms with Gasteiger partial charge in [0.1, 0.15) is 16.6 Å². The molecule has 0 bridgehead atoms. The summed E-state index contributed by atoms with van der Waals surface area (Å²) in [4.78, 5) is 65.6. The minimum absolute atomic E-state index is 0.0553. The summed E-state index contributed by atoms with van der Waals surface area (Å²) in [5.41, 5.74) is 1.85. The van der Waals surface area contributed by atoms with Crippen LogP contribution >= 0.6 is 22.9 Å². The predicted molar refractivity (Wildman–Crippen MR) is 150 cm³/mol. The van der Waals surface area contributed by atoms with Gasteiger partial charge in [-0.15, -0.1) is 11.3 Å². The minimum atomic E-state index is -1.20. The molecule has 1 aromatic heterocycles. The molecule has 0 saturated heterocycles. The van der Waals surface area contributed by atoms with Crippen LogP contribution in [0.4, 0.5) is 5.00 Å². The van der Waals surface area contributed by atoms with E-state index in [0.29, 0.717) is 16.1 Å². The summed E-state index contributed by atoms with van der Waals surface area (Å²) in [5, 5.41) is 5.08. The highest BCUT2D eigenvalue weighted by atomic mass is 35.5. The molecule has 0 saturated carbocycles. The van der Waals surface area contributed by atoms with Crippen LogP contribution in [0.3, 0.4) is 0 Å². The summed E-state index contributed by atoms with van der Waals surface area (Å²) < 4.78 is 10.5. The van der Waals surface area contributed by atoms with Gasteiger partial charge in [0.05, 0.1) is 17.7 Å². The summed E-state index contributed by atoms with van der Waals surface area (Å²) >= 11 is 7.11. The molecule has 1 N–H and O–H groups in total. The van der Waals surface area contributed by atoms with Gasteiger partial charge in [0.25, 0.3) is 17.7 Å². The fourth-order valence-corrected chi connectivity index (χ4v) is 5.44. The number of esters is 2. The molecular weight excluding hydrogens is 556 g/mol. The van der Waals surface area contributed by atoms with Gasteiger partial charge in [0.15, 0.2) is 6.61 Å². The van der Waals surface area contributed by atoms with Gasteiger partial charge >= 0.3 is 11.9 Å². The van der Waals surface area contributed by atoms with Gasteiger partial charge in [-0.05, 0) is 49.1 Å². The number of imide groups is 1. The molecule has 0 radical (unpaired) electrons. The van der Waals surface area contributed by atoms with Crippen molar-refractivity contribution in [3.05, 3.63) is 75.6 Å². The van der Waals surface area contributed by atoms with Crippen molar-refractivity contribution in [2.45, 2.75) is 33.2 Å². The molecular formula is C29H27ClN2O7S. The van der Waals surface area contributed by atoms with E-state index in [1.54, 1.807) is 48.7 Å². The van der Waals surface area contributed by atoms with Crippen LogP contribution < -0.4 is 5.32 Å². The number of fused-ring (bicyclic) bond motifs is 1. The first-order chi connectivity index (χ1) is 19.1. The van der Waals surface area contributed by atoms with Gasteiger partial charge in [-0.3, -0.25) is 19.3 Å². The Labute approximate surface area is 240 Å². The maximum atomic E-state index is 13.1. The third-order valence-electron chi connectivity index (χ3n) is 6.13. The van der Waals surface area contributed by atoms with E-state index in [1.165, 1.54) is 12.1 Å². The summed E-state index contributed by atoms with van der Waals surface area (Å²) in [7, 11) is 0. The topological polar surface area (TPSA) is 119 Å². The van der Waals surface area contributed by atoms with Crippen LogP contribution in [0.15, 0.2) is 53.9 Å². The number of carbonyl (C=O) groups is 5. The molecule has 4 rings (SSSR count). The number of amides is 3. The number of anilines is 1. The van der Waals surface area contributed by atoms with Crippen molar-refractivity contribution in [1.82, 2.24) is 4.90 Å². The lowest BCUT2D eigenvalue weighted by Crippen LogP contribution is -2.46. The van der Waals surface area contributed by atoms with Crippen LogP contribution in [0.1, 0.15) is 58.3 Å². The number of ether oxygens (including phenoxy) is 2. The maximum absolute atomic E-state index is 13.1. The number of benzene rings is 2. The molecule has 0 fully saturated rings. The van der Waals surface area contributed by atoms with Gasteiger partial charge in [0.2, 0.25) is 0 Å². The number of nitrogens with zero attached hydrogens (tertiary/aromatic N) is 1. The quantitative estimate of drug-likeness (QED) is 0.250. The molecule has 11 heteroatoms. The van der Waals surface area contributed by atoms with Crippen molar-refractivity contribution < 1.29 is 33.4 Å². The summed E-state index contributed by atoms with van der Waals surface area (Å²) in [5.74, 6) is -3.42. The zero-order valence-electron chi connectivity index (χ0n) is 22.1. The molecule has 2 heterocycles. The molecule has 3 amide bonds. The average molecular weight is 583 g/mol. The SMILES string of the molecule is CCOC(=O)c1c(-c2ccc(Cl)cc2)csc1NC(=O)COC(=O)[C@@H](CC(C)C)N1C(=O)c2ccccc2C1=O. The van der Waals surface area contributed by atoms with E-state index in [9.17, 15) is 24.0 Å². The first kappa shape index (κ1) is 29.0. The minimum Gasteiger partial charge on any atom is -0.462 e. The first-order valence-corrected chi connectivity index (χ1v) is 13.9. The van der Waals surface area contributed by atoms with Crippen molar-refractivity contribution in [2.75, 3.05) is 18.5 Å². The van der Waals surface area contributed by atoms with E-state index in [1.807, 2.05) is 13.8 Å². The maximum Gasteiger partial charge on any atom is 0.341 e. The molecule has 40 heavy (non-hydrogen) atoms. The smallest absolute Gasteiger partial charge is 0.341 e. The number of halogens is 1. The second-order valence-electron chi connectivity index (χ2n) is 9.41. The summed E-state index contributed by atoms with van der Waals surface area (Å²) in [6.07, 6.45) is 0.161. The van der Waals surface area contributed by atoms with E-state index in [4.69, 9.17) is 21.1 Å². The van der Waals surface area contributed by atoms with Crippen LogP contribution in [0.5, 0.6) is 0 Å². The normalized spacial score (nSPS) is 13.3. The number of hydrogen-bond donors (Lipinski definition) is 1. The van der Waals surface area contributed by atoms with Gasteiger partial charge < -0.3 is 14.8 Å². The van der Waals surface area contributed by atoms with E-state index >= 15 is 0 Å². The monoisotopic (exact) mass is 582 g/mol. The third-order valence-corrected chi connectivity index (χ3v) is 7.28. The second-order valence-corrected chi connectivity index (χ2v) is 10.7. The Morgan fingerprint density at radius 1 is 0.950 bits per heavy atom. The molecule has 208 valence electrons. The lowest BCUT2D eigenvalue weighted by molar-refractivity contribution is -0.151. The molecule has 0 spiro atoms. The van der Waals surface area contributed by atoms with Gasteiger partial charge in [-0.1, -0.05) is 49.7 Å². The van der Waals surface area contributed by atoms with E-state index in [-0.39, 0.29) is 40.6 Å². The standard InChI is InChI=1S/C29H27ClN2O7S/c1-4-38-29(37)24-21(17-9-11-18(30)12-10-17)15-40-25(24)31-23(33)14-39-28(36)22(13-16(2)3)32-26(34)19-7-5-6-8-20(19)27(32)35/h5-12,15-16,22H,4,13-14H2,1-3H3,(H,31,33)/t22-/m1/s1. The molecule has 0 unspecified atom stereocenters. The number of rotatable bonds is 10. The number of carbonyl (C=O) groups excluding carboxylic acids is 5. The molecule has 2 aromatic carbocycles. The van der Waals surface area contributed by atoms with Crippen LogP contribution in [-0.4, -0.2) is 53.8 Å². The van der Waals surface area contributed by atoms with Gasteiger partial charge in [-0.25, -0.2) is 9.59 Å². The van der Waals surface area contributed by atoms with Crippen LogP contribution in [0.25, 0.3) is 11.1 Å². The van der Waals surface area contributed by atoms with E-state index in [0.717, 1.165) is 16.2 Å². The highest BCUT2D eigenvalue weighted by Gasteiger charge is 2.43. The fourth-order valence-electron chi connectivity index (χ4n) is 4.34. The fraction of sp³-hybridized carbons (Fsp3) is 0.276. The van der Waals surface area contributed by atoms with Crippen molar-refractivity contribution >= 4 is 57.6 Å². The predicted octanol–water partition coefficient (Wildman–Crippen LogP) is 5.44. The summed E-state index contributed by atoms with van der Waals surface area (Å²) in [6, 6.07) is 12.0. The highest BCUT2D eigenvalue weighted by molar-refractivity contribution is 7.15. The summed E-state index contributed by atoms with van der Waals surface area (Å²) in [6.45, 7) is 4.81. The average Bonchev–Trinajstić information content (AvgIpc) is 3.45. The van der Waals surface area contributed by atoms with Crippen LogP contribution in [0, 0.1) is 5.92 Å². The van der Waals surface area contributed by atoms with Gasteiger partial charge in [-0.2, -0.15) is 0 Å². The lowest BCUT2D eigenvalue weighted by Gasteiger charge is -2.25. The Morgan fingerprint density at radius 3 is 2.15 bits per heavy atom. The number of nitrogens with one attached hydrogen (secondary N) is 1. The van der Waals surface area contributed by atoms with Crippen molar-refractivity contribution in [3.63, 3.8) is 0 Å². The second kappa shape index (κ2) is 12.4. The molecule has 3 aromatic rings. The zero-order valence-corrected chi connectivity index (χ0v) is 23.6. The Morgan fingerprint density at radius 2 is 1.57 bits per heavy atom. The van der Waals surface area contributed by atoms with Crippen molar-refractivity contribution in [2.24, 2.45) is 5.92 Å². The Bertz CT molecular complexity index is 1430. The Hall–Kier alpha value is -4.02.